The van der Waals surface area contributed by atoms with Crippen molar-refractivity contribution in [2.45, 2.75) is 25.9 Å². The number of likely N-dealkylation sites (N-methyl/N-ethyl adjacent to an activating group) is 1. The lowest BCUT2D eigenvalue weighted by molar-refractivity contribution is 0.284. The summed E-state index contributed by atoms with van der Waals surface area (Å²) >= 11 is 18.1. The quantitative estimate of drug-likeness (QED) is 0.768. The first-order chi connectivity index (χ1) is 9.43. The molecule has 20 heavy (non-hydrogen) atoms. The van der Waals surface area contributed by atoms with Gasteiger partial charge in [-0.05, 0) is 33.2 Å². The summed E-state index contributed by atoms with van der Waals surface area (Å²) in [6.45, 7) is 3.02. The van der Waals surface area contributed by atoms with Gasteiger partial charge in [0.25, 0.3) is 0 Å². The van der Waals surface area contributed by atoms with Crippen molar-refractivity contribution in [2.24, 2.45) is 0 Å². The van der Waals surface area contributed by atoms with Gasteiger partial charge in [-0.15, -0.1) is 11.6 Å². The molecule has 0 fully saturated rings. The van der Waals surface area contributed by atoms with Crippen molar-refractivity contribution >= 4 is 45.8 Å². The van der Waals surface area contributed by atoms with Gasteiger partial charge in [0.05, 0.1) is 21.1 Å². The van der Waals surface area contributed by atoms with Gasteiger partial charge in [-0.3, -0.25) is 0 Å². The van der Waals surface area contributed by atoms with E-state index in [1.807, 2.05) is 12.1 Å². The van der Waals surface area contributed by atoms with Gasteiger partial charge in [-0.25, -0.2) is 4.98 Å². The maximum atomic E-state index is 6.14. The van der Waals surface area contributed by atoms with Crippen LogP contribution in [0.3, 0.4) is 0 Å². The molecule has 2 aromatic rings. The molecule has 2 rings (SSSR count). The summed E-state index contributed by atoms with van der Waals surface area (Å²) < 4.78 is 2.19. The maximum absolute atomic E-state index is 6.14. The van der Waals surface area contributed by atoms with Gasteiger partial charge in [0.2, 0.25) is 0 Å². The fraction of sp³-hybridized carbons (Fsp3) is 0.500. The number of benzene rings is 1. The van der Waals surface area contributed by atoms with Crippen molar-refractivity contribution in [2.75, 3.05) is 20.0 Å². The van der Waals surface area contributed by atoms with E-state index in [0.717, 1.165) is 29.8 Å². The number of alkyl halides is 1. The summed E-state index contributed by atoms with van der Waals surface area (Å²) in [7, 11) is 4.13. The molecule has 6 heteroatoms. The first kappa shape index (κ1) is 15.9. The molecule has 0 amide bonds. The third kappa shape index (κ3) is 3.22. The van der Waals surface area contributed by atoms with Crippen LogP contribution in [0.25, 0.3) is 11.0 Å². The average Bonchev–Trinajstić information content (AvgIpc) is 2.68. The molecule has 1 aromatic carbocycles. The molecule has 1 aromatic heterocycles. The number of aryl methyl sites for hydroxylation is 1. The molecule has 1 heterocycles. The largest absolute Gasteiger partial charge is 0.326 e. The Hall–Kier alpha value is -0.480. The van der Waals surface area contributed by atoms with Crippen LogP contribution >= 0.6 is 34.8 Å². The first-order valence-corrected chi connectivity index (χ1v) is 7.79. The molecule has 0 spiro atoms. The SMILES string of the molecule is CC(Cn1c(CCCl)nc2cc(Cl)c(Cl)cc21)N(C)C. The first-order valence-electron chi connectivity index (χ1n) is 6.50. The van der Waals surface area contributed by atoms with Crippen molar-refractivity contribution in [3.8, 4) is 0 Å². The van der Waals surface area contributed by atoms with Crippen molar-refractivity contribution in [3.63, 3.8) is 0 Å². The Bertz CT molecular complexity index is 607. The van der Waals surface area contributed by atoms with Gasteiger partial charge in [0.15, 0.2) is 0 Å². The fourth-order valence-corrected chi connectivity index (χ4v) is 2.56. The molecular weight excluding hydrogens is 317 g/mol. The summed E-state index contributed by atoms with van der Waals surface area (Å²) in [6.07, 6.45) is 0.728. The lowest BCUT2D eigenvalue weighted by atomic mass is 10.2. The predicted molar refractivity (Wildman–Crippen MR) is 87.3 cm³/mol. The van der Waals surface area contributed by atoms with Crippen molar-refractivity contribution in [1.29, 1.82) is 0 Å². The van der Waals surface area contributed by atoms with E-state index in [-0.39, 0.29) is 0 Å². The standard InChI is InChI=1S/C14H18Cl3N3/c1-9(19(2)3)8-20-13-7-11(17)10(16)6-12(13)18-14(20)4-5-15/h6-7,9H,4-5,8H2,1-3H3. The maximum Gasteiger partial charge on any atom is 0.111 e. The van der Waals surface area contributed by atoms with Gasteiger partial charge >= 0.3 is 0 Å². The summed E-state index contributed by atoms with van der Waals surface area (Å²) in [6, 6.07) is 4.08. The van der Waals surface area contributed by atoms with Crippen LogP contribution in [-0.2, 0) is 13.0 Å². The molecule has 110 valence electrons. The lowest BCUT2D eigenvalue weighted by Crippen LogP contribution is -2.29. The summed E-state index contributed by atoms with van der Waals surface area (Å²) in [5, 5.41) is 1.08. The number of nitrogens with zero attached hydrogens (tertiary/aromatic N) is 3. The Morgan fingerprint density at radius 1 is 1.25 bits per heavy atom. The highest BCUT2D eigenvalue weighted by Gasteiger charge is 2.15. The topological polar surface area (TPSA) is 21.1 Å². The number of fused-ring (bicyclic) bond motifs is 1. The molecule has 3 nitrogen and oxygen atoms in total. The van der Waals surface area contributed by atoms with E-state index in [9.17, 15) is 0 Å². The van der Waals surface area contributed by atoms with E-state index >= 15 is 0 Å². The normalized spacial score (nSPS) is 13.3. The zero-order valence-electron chi connectivity index (χ0n) is 11.8. The number of imidazole rings is 1. The third-order valence-electron chi connectivity index (χ3n) is 3.52. The Morgan fingerprint density at radius 3 is 2.50 bits per heavy atom. The molecular formula is C14H18Cl3N3. The summed E-state index contributed by atoms with van der Waals surface area (Å²) in [5.41, 5.74) is 1.87. The zero-order valence-corrected chi connectivity index (χ0v) is 14.1. The van der Waals surface area contributed by atoms with E-state index in [1.54, 1.807) is 0 Å². The molecule has 0 aliphatic heterocycles. The van der Waals surface area contributed by atoms with Crippen LogP contribution in [0.5, 0.6) is 0 Å². The number of aromatic nitrogens is 2. The average molecular weight is 335 g/mol. The minimum atomic E-state index is 0.385. The molecule has 0 saturated heterocycles. The molecule has 0 N–H and O–H groups in total. The smallest absolute Gasteiger partial charge is 0.111 e. The van der Waals surface area contributed by atoms with Crippen LogP contribution in [0.1, 0.15) is 12.7 Å². The predicted octanol–water partition coefficient (Wildman–Crippen LogP) is 4.07. The second kappa shape index (κ2) is 6.52. The zero-order chi connectivity index (χ0) is 14.9. The Morgan fingerprint density at radius 2 is 1.90 bits per heavy atom. The molecule has 0 bridgehead atoms. The number of hydrogen-bond donors (Lipinski definition) is 0. The van der Waals surface area contributed by atoms with Crippen LogP contribution in [0.4, 0.5) is 0 Å². The van der Waals surface area contributed by atoms with E-state index < -0.39 is 0 Å². The Balaban J connectivity index is 2.52. The number of hydrogen-bond acceptors (Lipinski definition) is 2. The summed E-state index contributed by atoms with van der Waals surface area (Å²) in [5.74, 6) is 1.52. The second-order valence-corrected chi connectivity index (χ2v) is 6.34. The van der Waals surface area contributed by atoms with E-state index in [1.165, 1.54) is 0 Å². The molecule has 0 aliphatic rings. The highest BCUT2D eigenvalue weighted by Crippen LogP contribution is 2.29. The second-order valence-electron chi connectivity index (χ2n) is 5.15. The monoisotopic (exact) mass is 333 g/mol. The van der Waals surface area contributed by atoms with E-state index in [0.29, 0.717) is 22.0 Å². The van der Waals surface area contributed by atoms with Gasteiger partial charge in [0.1, 0.15) is 5.82 Å². The number of halogens is 3. The van der Waals surface area contributed by atoms with E-state index in [2.05, 4.69) is 35.5 Å². The van der Waals surface area contributed by atoms with Crippen molar-refractivity contribution in [3.05, 3.63) is 28.0 Å². The van der Waals surface area contributed by atoms with Crippen LogP contribution in [0.15, 0.2) is 12.1 Å². The highest BCUT2D eigenvalue weighted by molar-refractivity contribution is 6.42. The van der Waals surface area contributed by atoms with Gasteiger partial charge < -0.3 is 9.47 Å². The lowest BCUT2D eigenvalue weighted by Gasteiger charge is -2.21. The minimum absolute atomic E-state index is 0.385. The van der Waals surface area contributed by atoms with Gasteiger partial charge in [-0.2, -0.15) is 0 Å². The molecule has 1 unspecified atom stereocenters. The molecule has 1 atom stereocenters. The van der Waals surface area contributed by atoms with Crippen LogP contribution in [0, 0.1) is 0 Å². The third-order valence-corrected chi connectivity index (χ3v) is 4.43. The summed E-state index contributed by atoms with van der Waals surface area (Å²) in [4.78, 5) is 6.81. The van der Waals surface area contributed by atoms with Crippen LogP contribution < -0.4 is 0 Å². The number of rotatable bonds is 5. The van der Waals surface area contributed by atoms with Crippen molar-refractivity contribution < 1.29 is 0 Å². The van der Waals surface area contributed by atoms with Crippen LogP contribution in [0.2, 0.25) is 10.0 Å². The molecule has 0 radical (unpaired) electrons. The van der Waals surface area contributed by atoms with Crippen LogP contribution in [-0.4, -0.2) is 40.5 Å². The Labute approximate surface area is 134 Å². The molecule has 0 aliphatic carbocycles. The fourth-order valence-electron chi connectivity index (χ4n) is 2.08. The van der Waals surface area contributed by atoms with Gasteiger partial charge in [0, 0.05) is 24.9 Å². The van der Waals surface area contributed by atoms with E-state index in [4.69, 9.17) is 34.8 Å². The Kier molecular flexibility index (Phi) is 5.19. The molecule has 0 saturated carbocycles. The van der Waals surface area contributed by atoms with Gasteiger partial charge in [-0.1, -0.05) is 23.2 Å². The highest BCUT2D eigenvalue weighted by atomic mass is 35.5. The van der Waals surface area contributed by atoms with Crippen molar-refractivity contribution in [1.82, 2.24) is 14.5 Å². The minimum Gasteiger partial charge on any atom is -0.326 e.